The topological polar surface area (TPSA) is 41.8 Å². The quantitative estimate of drug-likeness (QED) is 0.506. The van der Waals surface area contributed by atoms with Gasteiger partial charge in [-0.2, -0.15) is 0 Å². The van der Waals surface area contributed by atoms with Crippen LogP contribution in [0.5, 0.6) is 5.75 Å². The van der Waals surface area contributed by atoms with Crippen LogP contribution in [-0.2, 0) is 13.0 Å². The fourth-order valence-electron chi connectivity index (χ4n) is 1.89. The highest BCUT2D eigenvalue weighted by Gasteiger charge is 2.00. The average Bonchev–Trinajstić information content (AvgIpc) is 2.53. The number of nitrogens with zero attached hydrogens (tertiary/aromatic N) is 1. The van der Waals surface area contributed by atoms with Crippen molar-refractivity contribution in [2.75, 3.05) is 0 Å². The molecule has 0 saturated heterocycles. The summed E-state index contributed by atoms with van der Waals surface area (Å²) in [6.07, 6.45) is 1.05. The molecule has 0 bridgehead atoms. The van der Waals surface area contributed by atoms with Crippen molar-refractivity contribution in [2.45, 2.75) is 26.9 Å². The molecule has 1 N–H and O–H groups in total. The van der Waals surface area contributed by atoms with Crippen molar-refractivity contribution in [1.29, 1.82) is 0 Å². The maximum absolute atomic E-state index is 8.71. The molecule has 3 heteroatoms. The van der Waals surface area contributed by atoms with Crippen molar-refractivity contribution in [2.24, 2.45) is 5.16 Å². The highest BCUT2D eigenvalue weighted by atomic mass is 16.5. The van der Waals surface area contributed by atoms with Crippen molar-refractivity contribution in [3.8, 4) is 5.75 Å². The van der Waals surface area contributed by atoms with Gasteiger partial charge in [-0.25, -0.2) is 0 Å². The third-order valence-electron chi connectivity index (χ3n) is 3.26. The second-order valence-corrected chi connectivity index (χ2v) is 4.67. The van der Waals surface area contributed by atoms with Gasteiger partial charge in [-0.05, 0) is 54.3 Å². The minimum atomic E-state index is 0.552. The molecule has 0 spiro atoms. The van der Waals surface area contributed by atoms with Crippen LogP contribution >= 0.6 is 0 Å². The van der Waals surface area contributed by atoms with Gasteiger partial charge in [0.2, 0.25) is 0 Å². The van der Waals surface area contributed by atoms with Crippen LogP contribution in [0.3, 0.4) is 0 Å². The Morgan fingerprint density at radius 3 is 2.15 bits per heavy atom. The molecular formula is C17H19NO2. The highest BCUT2D eigenvalue weighted by molar-refractivity contribution is 5.98. The molecule has 3 nitrogen and oxygen atoms in total. The Bertz CT molecular complexity index is 571. The summed E-state index contributed by atoms with van der Waals surface area (Å²) in [5.74, 6) is 0.805. The monoisotopic (exact) mass is 269 g/mol. The molecule has 2 aromatic carbocycles. The van der Waals surface area contributed by atoms with Crippen molar-refractivity contribution < 1.29 is 9.94 Å². The summed E-state index contributed by atoms with van der Waals surface area (Å²) in [4.78, 5) is 0. The van der Waals surface area contributed by atoms with E-state index in [2.05, 4.69) is 36.3 Å². The molecule has 0 aliphatic rings. The molecule has 2 rings (SSSR count). The van der Waals surface area contributed by atoms with E-state index < -0.39 is 0 Å². The van der Waals surface area contributed by atoms with E-state index in [1.54, 1.807) is 6.92 Å². The Kier molecular flexibility index (Phi) is 4.77. The second kappa shape index (κ2) is 6.75. The lowest BCUT2D eigenvalue weighted by Crippen LogP contribution is -1.97. The number of aryl methyl sites for hydroxylation is 1. The van der Waals surface area contributed by atoms with E-state index in [-0.39, 0.29) is 0 Å². The molecule has 0 amide bonds. The van der Waals surface area contributed by atoms with E-state index >= 15 is 0 Å². The number of ether oxygens (including phenoxy) is 1. The van der Waals surface area contributed by atoms with E-state index in [0.29, 0.717) is 12.3 Å². The van der Waals surface area contributed by atoms with Gasteiger partial charge in [0.25, 0.3) is 0 Å². The Morgan fingerprint density at radius 1 is 1.00 bits per heavy atom. The summed E-state index contributed by atoms with van der Waals surface area (Å²) in [6, 6.07) is 16.0. The Morgan fingerprint density at radius 2 is 1.60 bits per heavy atom. The molecule has 0 aromatic heterocycles. The smallest absolute Gasteiger partial charge is 0.119 e. The lowest BCUT2D eigenvalue weighted by molar-refractivity contribution is 0.306. The zero-order valence-electron chi connectivity index (χ0n) is 11.8. The summed E-state index contributed by atoms with van der Waals surface area (Å²) in [7, 11) is 0. The first-order valence-corrected chi connectivity index (χ1v) is 6.72. The number of benzene rings is 2. The summed E-state index contributed by atoms with van der Waals surface area (Å²) >= 11 is 0. The fourth-order valence-corrected chi connectivity index (χ4v) is 1.89. The first-order valence-electron chi connectivity index (χ1n) is 6.72. The maximum Gasteiger partial charge on any atom is 0.119 e. The fraction of sp³-hybridized carbons (Fsp3) is 0.235. The number of hydrogen-bond acceptors (Lipinski definition) is 3. The Hall–Kier alpha value is -2.29. The average molecular weight is 269 g/mol. The van der Waals surface area contributed by atoms with Crippen LogP contribution in [0, 0.1) is 0 Å². The van der Waals surface area contributed by atoms with Crippen LogP contribution in [0.4, 0.5) is 0 Å². The lowest BCUT2D eigenvalue weighted by atomic mass is 10.1. The zero-order valence-corrected chi connectivity index (χ0v) is 11.8. The first kappa shape index (κ1) is 14.1. The second-order valence-electron chi connectivity index (χ2n) is 4.67. The van der Waals surface area contributed by atoms with Crippen LogP contribution in [0.1, 0.15) is 30.5 Å². The molecule has 0 heterocycles. The van der Waals surface area contributed by atoms with Gasteiger partial charge in [-0.15, -0.1) is 0 Å². The number of hydrogen-bond donors (Lipinski definition) is 1. The molecule has 2 aromatic rings. The summed E-state index contributed by atoms with van der Waals surface area (Å²) in [5.41, 5.74) is 3.95. The molecule has 20 heavy (non-hydrogen) atoms. The molecule has 0 atom stereocenters. The first-order chi connectivity index (χ1) is 9.72. The van der Waals surface area contributed by atoms with E-state index in [0.717, 1.165) is 23.3 Å². The van der Waals surface area contributed by atoms with Gasteiger partial charge in [0.1, 0.15) is 12.4 Å². The lowest BCUT2D eigenvalue weighted by Gasteiger charge is -2.07. The summed E-state index contributed by atoms with van der Waals surface area (Å²) in [5, 5.41) is 11.9. The SMILES string of the molecule is CCc1ccc(COc2ccc(C(C)=NO)cc2)cc1. The van der Waals surface area contributed by atoms with Gasteiger partial charge in [0, 0.05) is 0 Å². The Balaban J connectivity index is 1.96. The molecule has 0 aliphatic carbocycles. The van der Waals surface area contributed by atoms with Gasteiger partial charge in [-0.1, -0.05) is 36.3 Å². The van der Waals surface area contributed by atoms with Gasteiger partial charge in [0.05, 0.1) is 5.71 Å². The third kappa shape index (κ3) is 3.60. The molecule has 0 unspecified atom stereocenters. The molecule has 0 saturated carbocycles. The molecule has 104 valence electrons. The van der Waals surface area contributed by atoms with Crippen molar-refractivity contribution in [1.82, 2.24) is 0 Å². The normalized spacial score (nSPS) is 11.4. The van der Waals surface area contributed by atoms with Crippen molar-refractivity contribution in [3.63, 3.8) is 0 Å². The van der Waals surface area contributed by atoms with Crippen LogP contribution in [-0.4, -0.2) is 10.9 Å². The van der Waals surface area contributed by atoms with Crippen LogP contribution < -0.4 is 4.74 Å². The van der Waals surface area contributed by atoms with E-state index in [4.69, 9.17) is 9.94 Å². The summed E-state index contributed by atoms with van der Waals surface area (Å²) in [6.45, 7) is 4.45. The Labute approximate surface area is 119 Å². The predicted octanol–water partition coefficient (Wildman–Crippen LogP) is 4.03. The minimum absolute atomic E-state index is 0.552. The van der Waals surface area contributed by atoms with Crippen LogP contribution in [0.15, 0.2) is 53.7 Å². The number of rotatable bonds is 5. The number of oxime groups is 1. The summed E-state index contributed by atoms with van der Waals surface area (Å²) < 4.78 is 5.73. The van der Waals surface area contributed by atoms with Gasteiger partial charge >= 0.3 is 0 Å². The van der Waals surface area contributed by atoms with E-state index in [1.807, 2.05) is 24.3 Å². The predicted molar refractivity (Wildman–Crippen MR) is 80.6 cm³/mol. The molecule has 0 radical (unpaired) electrons. The standard InChI is InChI=1S/C17H19NO2/c1-3-14-4-6-15(7-5-14)12-20-17-10-8-16(9-11-17)13(2)18-19/h4-11,19H,3,12H2,1-2H3. The maximum atomic E-state index is 8.71. The van der Waals surface area contributed by atoms with Crippen LogP contribution in [0.25, 0.3) is 0 Å². The zero-order chi connectivity index (χ0) is 14.4. The molecular weight excluding hydrogens is 250 g/mol. The molecule has 0 aliphatic heterocycles. The minimum Gasteiger partial charge on any atom is -0.489 e. The van der Waals surface area contributed by atoms with E-state index in [9.17, 15) is 0 Å². The van der Waals surface area contributed by atoms with Crippen molar-refractivity contribution >= 4 is 5.71 Å². The van der Waals surface area contributed by atoms with Gasteiger partial charge in [-0.3, -0.25) is 0 Å². The van der Waals surface area contributed by atoms with Crippen LogP contribution in [0.2, 0.25) is 0 Å². The third-order valence-corrected chi connectivity index (χ3v) is 3.26. The molecule has 0 fully saturated rings. The van der Waals surface area contributed by atoms with Crippen molar-refractivity contribution in [3.05, 3.63) is 65.2 Å². The van der Waals surface area contributed by atoms with Gasteiger partial charge < -0.3 is 9.94 Å². The largest absolute Gasteiger partial charge is 0.489 e. The van der Waals surface area contributed by atoms with E-state index in [1.165, 1.54) is 5.56 Å². The van der Waals surface area contributed by atoms with Gasteiger partial charge in [0.15, 0.2) is 0 Å². The highest BCUT2D eigenvalue weighted by Crippen LogP contribution is 2.15.